The molecule has 1 amide bonds. The van der Waals surface area contributed by atoms with Gasteiger partial charge in [0.05, 0.1) is 11.2 Å². The van der Waals surface area contributed by atoms with Gasteiger partial charge in [-0.2, -0.15) is 13.2 Å². The molecule has 0 aliphatic rings. The number of carbonyl (C=O) groups excluding carboxylic acids is 1. The summed E-state index contributed by atoms with van der Waals surface area (Å²) in [4.78, 5) is 11.9. The summed E-state index contributed by atoms with van der Waals surface area (Å²) in [6.07, 6.45) is -3.65. The van der Waals surface area contributed by atoms with Crippen LogP contribution in [0.15, 0.2) is 22.7 Å². The average Bonchev–Trinajstić information content (AvgIpc) is 2.43. The lowest BCUT2D eigenvalue weighted by molar-refractivity contribution is -0.138. The largest absolute Gasteiger partial charge is 0.417 e. The third-order valence-corrected chi connectivity index (χ3v) is 4.12. The highest BCUT2D eigenvalue weighted by atomic mass is 79.9. The first-order valence-corrected chi connectivity index (χ1v) is 7.29. The van der Waals surface area contributed by atoms with Gasteiger partial charge < -0.3 is 10.4 Å². The van der Waals surface area contributed by atoms with E-state index in [-0.39, 0.29) is 16.6 Å². The van der Waals surface area contributed by atoms with Crippen LogP contribution in [0.4, 0.5) is 13.2 Å². The van der Waals surface area contributed by atoms with Gasteiger partial charge in [-0.3, -0.25) is 4.79 Å². The average molecular weight is 368 g/mol. The van der Waals surface area contributed by atoms with Gasteiger partial charge >= 0.3 is 6.18 Å². The van der Waals surface area contributed by atoms with Crippen molar-refractivity contribution in [1.29, 1.82) is 0 Å². The monoisotopic (exact) mass is 367 g/mol. The Labute approximate surface area is 129 Å². The molecule has 0 radical (unpaired) electrons. The van der Waals surface area contributed by atoms with Gasteiger partial charge in [0.2, 0.25) is 0 Å². The van der Waals surface area contributed by atoms with E-state index in [9.17, 15) is 23.1 Å². The molecule has 0 heterocycles. The molecule has 1 aromatic rings. The minimum atomic E-state index is -4.54. The lowest BCUT2D eigenvalue weighted by Gasteiger charge is -2.25. The lowest BCUT2D eigenvalue weighted by atomic mass is 9.97. The second-order valence-corrected chi connectivity index (χ2v) is 5.66. The Balaban J connectivity index is 2.89. The SMILES string of the molecule is CCC(O)(CC)CNC(=O)c1ccc(Br)c(C(F)(F)F)c1. The van der Waals surface area contributed by atoms with Crippen molar-refractivity contribution < 1.29 is 23.1 Å². The minimum absolute atomic E-state index is 0.00372. The second-order valence-electron chi connectivity index (χ2n) is 4.81. The number of benzene rings is 1. The molecule has 1 aromatic carbocycles. The Morgan fingerprint density at radius 1 is 1.29 bits per heavy atom. The van der Waals surface area contributed by atoms with Crippen LogP contribution in [0.1, 0.15) is 42.6 Å². The molecular formula is C14H17BrF3NO2. The number of aliphatic hydroxyl groups is 1. The van der Waals surface area contributed by atoms with Crippen LogP contribution >= 0.6 is 15.9 Å². The lowest BCUT2D eigenvalue weighted by Crippen LogP contribution is -2.42. The molecule has 21 heavy (non-hydrogen) atoms. The fourth-order valence-electron chi connectivity index (χ4n) is 1.73. The third-order valence-electron chi connectivity index (χ3n) is 3.43. The van der Waals surface area contributed by atoms with Gasteiger partial charge in [-0.15, -0.1) is 0 Å². The molecule has 0 aliphatic carbocycles. The Morgan fingerprint density at radius 2 is 1.86 bits per heavy atom. The van der Waals surface area contributed by atoms with E-state index in [4.69, 9.17) is 0 Å². The van der Waals surface area contributed by atoms with E-state index in [1.165, 1.54) is 12.1 Å². The van der Waals surface area contributed by atoms with E-state index >= 15 is 0 Å². The molecule has 118 valence electrons. The summed E-state index contributed by atoms with van der Waals surface area (Å²) in [5.41, 5.74) is -2.05. The molecule has 0 saturated carbocycles. The van der Waals surface area contributed by atoms with Gasteiger partial charge in [-0.1, -0.05) is 29.8 Å². The van der Waals surface area contributed by atoms with E-state index in [2.05, 4.69) is 21.2 Å². The van der Waals surface area contributed by atoms with E-state index in [1.807, 2.05) is 0 Å². The molecule has 0 fully saturated rings. The number of amides is 1. The van der Waals surface area contributed by atoms with Crippen molar-refractivity contribution in [3.8, 4) is 0 Å². The molecule has 0 atom stereocenters. The zero-order valence-corrected chi connectivity index (χ0v) is 13.3. The van der Waals surface area contributed by atoms with Crippen LogP contribution < -0.4 is 5.32 Å². The van der Waals surface area contributed by atoms with Crippen molar-refractivity contribution in [2.75, 3.05) is 6.54 Å². The van der Waals surface area contributed by atoms with Gasteiger partial charge in [-0.25, -0.2) is 0 Å². The van der Waals surface area contributed by atoms with Crippen LogP contribution in [0.2, 0.25) is 0 Å². The number of rotatable bonds is 5. The molecule has 3 nitrogen and oxygen atoms in total. The highest BCUT2D eigenvalue weighted by Crippen LogP contribution is 2.35. The molecule has 2 N–H and O–H groups in total. The van der Waals surface area contributed by atoms with Crippen molar-refractivity contribution in [3.05, 3.63) is 33.8 Å². The van der Waals surface area contributed by atoms with Gasteiger partial charge in [-0.05, 0) is 31.0 Å². The van der Waals surface area contributed by atoms with E-state index in [1.54, 1.807) is 13.8 Å². The first-order valence-electron chi connectivity index (χ1n) is 6.50. The van der Waals surface area contributed by atoms with Crippen molar-refractivity contribution in [3.63, 3.8) is 0 Å². The van der Waals surface area contributed by atoms with Crippen LogP contribution in [-0.2, 0) is 6.18 Å². The number of alkyl halides is 3. The normalized spacial score (nSPS) is 12.3. The van der Waals surface area contributed by atoms with Crippen molar-refractivity contribution in [2.24, 2.45) is 0 Å². The molecule has 0 aromatic heterocycles. The third kappa shape index (κ3) is 4.71. The highest BCUT2D eigenvalue weighted by molar-refractivity contribution is 9.10. The van der Waals surface area contributed by atoms with Crippen LogP contribution in [0.25, 0.3) is 0 Å². The molecule has 0 bridgehead atoms. The maximum Gasteiger partial charge on any atom is 0.417 e. The number of hydrogen-bond acceptors (Lipinski definition) is 2. The predicted octanol–water partition coefficient (Wildman–Crippen LogP) is 3.75. The summed E-state index contributed by atoms with van der Waals surface area (Å²) in [6.45, 7) is 3.55. The Hall–Kier alpha value is -1.08. The van der Waals surface area contributed by atoms with Crippen molar-refractivity contribution in [2.45, 2.75) is 38.5 Å². The van der Waals surface area contributed by atoms with Crippen LogP contribution in [0.3, 0.4) is 0 Å². The van der Waals surface area contributed by atoms with Gasteiger partial charge in [0.15, 0.2) is 0 Å². The molecule has 0 aliphatic heterocycles. The van der Waals surface area contributed by atoms with E-state index < -0.39 is 23.2 Å². The summed E-state index contributed by atoms with van der Waals surface area (Å²) >= 11 is 2.82. The Morgan fingerprint density at radius 3 is 2.33 bits per heavy atom. The predicted molar refractivity (Wildman–Crippen MR) is 77.0 cm³/mol. The smallest absolute Gasteiger partial charge is 0.388 e. The fourth-order valence-corrected chi connectivity index (χ4v) is 2.20. The summed E-state index contributed by atoms with van der Waals surface area (Å²) in [5.74, 6) is -0.645. The van der Waals surface area contributed by atoms with Crippen molar-refractivity contribution in [1.82, 2.24) is 5.32 Å². The summed E-state index contributed by atoms with van der Waals surface area (Å²) in [6, 6.07) is 3.27. The van der Waals surface area contributed by atoms with Gasteiger partial charge in [0.1, 0.15) is 0 Å². The minimum Gasteiger partial charge on any atom is -0.388 e. The zero-order chi connectivity index (χ0) is 16.3. The first kappa shape index (κ1) is 18.0. The first-order chi connectivity index (χ1) is 9.63. The maximum atomic E-state index is 12.8. The number of halogens is 4. The molecule has 0 unspecified atom stereocenters. The second kappa shape index (κ2) is 6.79. The summed E-state index contributed by atoms with van der Waals surface area (Å²) < 4.78 is 38.2. The number of nitrogens with one attached hydrogen (secondary N) is 1. The maximum absolute atomic E-state index is 12.8. The molecule has 1 rings (SSSR count). The van der Waals surface area contributed by atoms with Gasteiger partial charge in [0, 0.05) is 16.6 Å². The zero-order valence-electron chi connectivity index (χ0n) is 11.7. The molecule has 7 heteroatoms. The Kier molecular flexibility index (Phi) is 5.81. The standard InChI is InChI=1S/C14H17BrF3NO2/c1-3-13(21,4-2)8-19-12(20)9-5-6-11(15)10(7-9)14(16,17)18/h5-7,21H,3-4,8H2,1-2H3,(H,19,20). The number of hydrogen-bond donors (Lipinski definition) is 2. The quantitative estimate of drug-likeness (QED) is 0.832. The fraction of sp³-hybridized carbons (Fsp3) is 0.500. The van der Waals surface area contributed by atoms with Gasteiger partial charge in [0.25, 0.3) is 5.91 Å². The molecule has 0 saturated heterocycles. The van der Waals surface area contributed by atoms with E-state index in [0.29, 0.717) is 12.8 Å². The summed E-state index contributed by atoms with van der Waals surface area (Å²) in [5, 5.41) is 12.5. The van der Waals surface area contributed by atoms with Crippen LogP contribution in [0, 0.1) is 0 Å². The van der Waals surface area contributed by atoms with Crippen molar-refractivity contribution >= 4 is 21.8 Å². The van der Waals surface area contributed by atoms with E-state index in [0.717, 1.165) is 6.07 Å². The highest BCUT2D eigenvalue weighted by Gasteiger charge is 2.33. The summed E-state index contributed by atoms with van der Waals surface area (Å²) in [7, 11) is 0. The molecule has 0 spiro atoms. The van der Waals surface area contributed by atoms with Crippen LogP contribution in [-0.4, -0.2) is 23.2 Å². The van der Waals surface area contributed by atoms with Crippen LogP contribution in [0.5, 0.6) is 0 Å². The molecular weight excluding hydrogens is 351 g/mol. The Bertz CT molecular complexity index is 513. The number of carbonyl (C=O) groups is 1. The topological polar surface area (TPSA) is 49.3 Å².